The quantitative estimate of drug-likeness (QED) is 0.840. The number of halogens is 2. The second-order valence-electron chi connectivity index (χ2n) is 6.52. The third kappa shape index (κ3) is 2.83. The molecule has 0 aliphatic carbocycles. The van der Waals surface area contributed by atoms with Crippen LogP contribution in [0.1, 0.15) is 23.2 Å². The van der Waals surface area contributed by atoms with Gasteiger partial charge in [0.25, 0.3) is 5.91 Å². The summed E-state index contributed by atoms with van der Waals surface area (Å²) in [6.07, 6.45) is 4.22. The van der Waals surface area contributed by atoms with Crippen molar-refractivity contribution in [3.05, 3.63) is 54.0 Å². The van der Waals surface area contributed by atoms with Crippen LogP contribution in [0.4, 0.5) is 14.6 Å². The number of carbonyl (C=O) groups excluding carboxylic acids is 1. The number of aromatic nitrogens is 2. The number of amides is 1. The van der Waals surface area contributed by atoms with E-state index in [-0.39, 0.29) is 23.3 Å². The lowest BCUT2D eigenvalue weighted by Crippen LogP contribution is -2.50. The van der Waals surface area contributed by atoms with Crippen LogP contribution in [0.25, 0.3) is 0 Å². The Balaban J connectivity index is 1.57. The fourth-order valence-electron chi connectivity index (χ4n) is 3.91. The Kier molecular flexibility index (Phi) is 4.07. The van der Waals surface area contributed by atoms with Gasteiger partial charge in [-0.15, -0.1) is 0 Å². The number of anilines is 1. The molecule has 25 heavy (non-hydrogen) atoms. The number of piperidine rings is 1. The lowest BCUT2D eigenvalue weighted by atomic mass is 9.92. The Labute approximate surface area is 144 Å². The van der Waals surface area contributed by atoms with Crippen LogP contribution in [0, 0.1) is 17.6 Å². The molecule has 130 valence electrons. The molecule has 0 saturated carbocycles. The van der Waals surface area contributed by atoms with Crippen LogP contribution in [0.5, 0.6) is 0 Å². The minimum atomic E-state index is -0.509. The van der Waals surface area contributed by atoms with E-state index < -0.39 is 11.6 Å². The van der Waals surface area contributed by atoms with Crippen molar-refractivity contribution in [3.63, 3.8) is 0 Å². The largest absolute Gasteiger partial charge is 0.352 e. The molecular formula is C18H18F2N4O. The van der Waals surface area contributed by atoms with Gasteiger partial charge in [0.1, 0.15) is 12.1 Å². The molecule has 2 unspecified atom stereocenters. The summed E-state index contributed by atoms with van der Waals surface area (Å²) >= 11 is 0. The third-order valence-corrected chi connectivity index (χ3v) is 5.18. The first-order valence-electron chi connectivity index (χ1n) is 8.41. The van der Waals surface area contributed by atoms with Crippen molar-refractivity contribution < 1.29 is 13.6 Å². The number of carbonyl (C=O) groups is 1. The minimum absolute atomic E-state index is 0.0600. The molecule has 3 heterocycles. The number of benzene rings is 1. The molecule has 7 heteroatoms. The Bertz CT molecular complexity index is 800. The number of likely N-dealkylation sites (tertiary alicyclic amines) is 1. The van der Waals surface area contributed by atoms with Gasteiger partial charge in [-0.3, -0.25) is 4.79 Å². The zero-order chi connectivity index (χ0) is 17.4. The molecule has 5 nitrogen and oxygen atoms in total. The van der Waals surface area contributed by atoms with Crippen LogP contribution in [0.15, 0.2) is 36.8 Å². The summed E-state index contributed by atoms with van der Waals surface area (Å²) in [5, 5.41) is 0. The lowest BCUT2D eigenvalue weighted by molar-refractivity contribution is 0.0707. The first-order chi connectivity index (χ1) is 12.1. The molecule has 1 aromatic heterocycles. The molecule has 2 aliphatic heterocycles. The van der Waals surface area contributed by atoms with Gasteiger partial charge in [0.2, 0.25) is 0 Å². The zero-order valence-corrected chi connectivity index (χ0v) is 13.6. The van der Waals surface area contributed by atoms with Crippen molar-refractivity contribution in [1.82, 2.24) is 14.9 Å². The fraction of sp³-hybridized carbons (Fsp3) is 0.389. The van der Waals surface area contributed by atoms with Crippen LogP contribution in [0.3, 0.4) is 0 Å². The van der Waals surface area contributed by atoms with Gasteiger partial charge in [-0.1, -0.05) is 12.1 Å². The van der Waals surface area contributed by atoms with Gasteiger partial charge < -0.3 is 9.80 Å². The van der Waals surface area contributed by atoms with Crippen molar-refractivity contribution in [2.75, 3.05) is 24.5 Å². The predicted octanol–water partition coefficient (Wildman–Crippen LogP) is 2.50. The summed E-state index contributed by atoms with van der Waals surface area (Å²) in [5.74, 6) is -0.650. The van der Waals surface area contributed by atoms with Crippen molar-refractivity contribution in [1.29, 1.82) is 0 Å². The summed E-state index contributed by atoms with van der Waals surface area (Å²) in [6.45, 7) is 1.79. The molecule has 2 saturated heterocycles. The summed E-state index contributed by atoms with van der Waals surface area (Å²) < 4.78 is 28.0. The highest BCUT2D eigenvalue weighted by atomic mass is 19.1. The maximum atomic E-state index is 14.0. The molecule has 4 rings (SSSR count). The van der Waals surface area contributed by atoms with Crippen LogP contribution >= 0.6 is 0 Å². The molecule has 2 atom stereocenters. The van der Waals surface area contributed by atoms with Gasteiger partial charge in [0.05, 0.1) is 17.8 Å². The Morgan fingerprint density at radius 1 is 1.12 bits per heavy atom. The minimum Gasteiger partial charge on any atom is -0.352 e. The van der Waals surface area contributed by atoms with E-state index >= 15 is 0 Å². The molecular weight excluding hydrogens is 326 g/mol. The molecule has 2 aliphatic rings. The highest BCUT2D eigenvalue weighted by Gasteiger charge is 2.41. The van der Waals surface area contributed by atoms with Gasteiger partial charge in [0.15, 0.2) is 11.6 Å². The highest BCUT2D eigenvalue weighted by molar-refractivity contribution is 5.95. The fourth-order valence-corrected chi connectivity index (χ4v) is 3.91. The average Bonchev–Trinajstić information content (AvgIpc) is 3.05. The van der Waals surface area contributed by atoms with Crippen LogP contribution < -0.4 is 4.90 Å². The van der Waals surface area contributed by atoms with Crippen molar-refractivity contribution in [3.8, 4) is 0 Å². The molecule has 0 N–H and O–H groups in total. The predicted molar refractivity (Wildman–Crippen MR) is 88.2 cm³/mol. The normalized spacial score (nSPS) is 22.8. The van der Waals surface area contributed by atoms with Crippen molar-refractivity contribution in [2.24, 2.45) is 5.92 Å². The first kappa shape index (κ1) is 15.9. The van der Waals surface area contributed by atoms with E-state index in [1.807, 2.05) is 4.90 Å². The number of hydrogen-bond donors (Lipinski definition) is 0. The summed E-state index contributed by atoms with van der Waals surface area (Å²) in [6, 6.07) is 5.97. The third-order valence-electron chi connectivity index (χ3n) is 5.18. The molecule has 1 amide bonds. The Morgan fingerprint density at radius 3 is 2.72 bits per heavy atom. The molecule has 1 aromatic carbocycles. The second kappa shape index (κ2) is 6.38. The van der Waals surface area contributed by atoms with E-state index in [1.165, 1.54) is 18.5 Å². The van der Waals surface area contributed by atoms with Gasteiger partial charge in [-0.05, 0) is 30.9 Å². The van der Waals surface area contributed by atoms with E-state index in [2.05, 4.69) is 9.97 Å². The number of hydrogen-bond acceptors (Lipinski definition) is 4. The molecule has 2 aromatic rings. The van der Waals surface area contributed by atoms with Crippen molar-refractivity contribution in [2.45, 2.75) is 18.9 Å². The van der Waals surface area contributed by atoms with E-state index in [1.54, 1.807) is 17.0 Å². The maximum Gasteiger partial charge on any atom is 0.257 e. The molecule has 0 radical (unpaired) electrons. The van der Waals surface area contributed by atoms with Gasteiger partial charge in [-0.25, -0.2) is 18.7 Å². The van der Waals surface area contributed by atoms with Gasteiger partial charge in [-0.2, -0.15) is 0 Å². The summed E-state index contributed by atoms with van der Waals surface area (Å²) in [7, 11) is 0. The molecule has 0 spiro atoms. The van der Waals surface area contributed by atoms with E-state index in [9.17, 15) is 13.6 Å². The monoisotopic (exact) mass is 344 g/mol. The SMILES string of the molecule is O=C(c1ccccc1F)N1CCC2CCN(c3ncncc3F)CC21. The number of fused-ring (bicyclic) bond motifs is 1. The standard InChI is InChI=1S/C18H18F2N4O/c19-14-4-2-1-3-13(14)18(25)24-8-6-12-5-7-23(10-16(12)24)17-15(20)9-21-11-22-17/h1-4,9,11-12,16H,5-8,10H2. The summed E-state index contributed by atoms with van der Waals surface area (Å²) in [4.78, 5) is 24.1. The zero-order valence-electron chi connectivity index (χ0n) is 13.6. The topological polar surface area (TPSA) is 49.3 Å². The number of rotatable bonds is 2. The smallest absolute Gasteiger partial charge is 0.257 e. The van der Waals surface area contributed by atoms with Crippen LogP contribution in [-0.2, 0) is 0 Å². The van der Waals surface area contributed by atoms with E-state index in [0.717, 1.165) is 19.0 Å². The van der Waals surface area contributed by atoms with Crippen LogP contribution in [0.2, 0.25) is 0 Å². The average molecular weight is 344 g/mol. The van der Waals surface area contributed by atoms with E-state index in [4.69, 9.17) is 0 Å². The molecule has 2 fully saturated rings. The van der Waals surface area contributed by atoms with E-state index in [0.29, 0.717) is 25.6 Å². The first-order valence-corrected chi connectivity index (χ1v) is 8.41. The summed E-state index contributed by atoms with van der Waals surface area (Å²) in [5.41, 5.74) is 0.0912. The van der Waals surface area contributed by atoms with Gasteiger partial charge >= 0.3 is 0 Å². The lowest BCUT2D eigenvalue weighted by Gasteiger charge is -2.39. The molecule has 0 bridgehead atoms. The van der Waals surface area contributed by atoms with Crippen LogP contribution in [-0.4, -0.2) is 46.5 Å². The Hall–Kier alpha value is -2.57. The van der Waals surface area contributed by atoms with Crippen molar-refractivity contribution >= 4 is 11.7 Å². The maximum absolute atomic E-state index is 14.0. The van der Waals surface area contributed by atoms with Gasteiger partial charge in [0, 0.05) is 19.6 Å². The number of nitrogens with zero attached hydrogens (tertiary/aromatic N) is 4. The highest BCUT2D eigenvalue weighted by Crippen LogP contribution is 2.34. The Morgan fingerprint density at radius 2 is 1.92 bits per heavy atom. The second-order valence-corrected chi connectivity index (χ2v) is 6.52.